The Balaban J connectivity index is 1.68. The van der Waals surface area contributed by atoms with Crippen LogP contribution in [0.4, 0.5) is 11.5 Å². The SMILES string of the molecule is CCCNc1ccc(CNc2ncnc3sc(C)cc23)cc1. The molecule has 2 heterocycles. The summed E-state index contributed by atoms with van der Waals surface area (Å²) in [6.07, 6.45) is 2.76. The van der Waals surface area contributed by atoms with Gasteiger partial charge in [-0.1, -0.05) is 19.1 Å². The average molecular weight is 312 g/mol. The molecule has 0 unspecified atom stereocenters. The molecule has 0 saturated carbocycles. The molecule has 2 N–H and O–H groups in total. The van der Waals surface area contributed by atoms with Crippen molar-refractivity contribution in [3.05, 3.63) is 47.1 Å². The minimum Gasteiger partial charge on any atom is -0.385 e. The molecule has 0 radical (unpaired) electrons. The molecule has 114 valence electrons. The molecular formula is C17H20N4S. The van der Waals surface area contributed by atoms with Crippen LogP contribution in [-0.2, 0) is 6.54 Å². The van der Waals surface area contributed by atoms with Crippen molar-refractivity contribution in [2.75, 3.05) is 17.2 Å². The maximum atomic E-state index is 4.37. The fourth-order valence-corrected chi connectivity index (χ4v) is 3.16. The summed E-state index contributed by atoms with van der Waals surface area (Å²) in [7, 11) is 0. The van der Waals surface area contributed by atoms with E-state index in [1.54, 1.807) is 17.7 Å². The van der Waals surface area contributed by atoms with E-state index in [1.807, 2.05) is 0 Å². The molecule has 3 aromatic rings. The molecule has 0 spiro atoms. The molecule has 1 aromatic carbocycles. The fraction of sp³-hybridized carbons (Fsp3) is 0.294. The number of nitrogens with one attached hydrogen (secondary N) is 2. The number of benzene rings is 1. The average Bonchev–Trinajstić information content (AvgIpc) is 2.92. The number of anilines is 2. The Morgan fingerprint density at radius 1 is 1.09 bits per heavy atom. The summed E-state index contributed by atoms with van der Waals surface area (Å²) in [4.78, 5) is 11.0. The van der Waals surface area contributed by atoms with E-state index in [0.29, 0.717) is 0 Å². The van der Waals surface area contributed by atoms with E-state index >= 15 is 0 Å². The second-order valence-corrected chi connectivity index (χ2v) is 6.51. The second kappa shape index (κ2) is 6.75. The summed E-state index contributed by atoms with van der Waals surface area (Å²) in [6.45, 7) is 6.03. The Morgan fingerprint density at radius 3 is 2.68 bits per heavy atom. The molecule has 0 amide bonds. The smallest absolute Gasteiger partial charge is 0.138 e. The van der Waals surface area contributed by atoms with Gasteiger partial charge in [0, 0.05) is 23.7 Å². The molecule has 22 heavy (non-hydrogen) atoms. The third kappa shape index (κ3) is 3.36. The first-order valence-electron chi connectivity index (χ1n) is 7.54. The molecule has 0 aliphatic carbocycles. The first-order valence-corrected chi connectivity index (χ1v) is 8.35. The quantitative estimate of drug-likeness (QED) is 0.707. The lowest BCUT2D eigenvalue weighted by atomic mass is 10.2. The van der Waals surface area contributed by atoms with Gasteiger partial charge in [-0.2, -0.15) is 0 Å². The van der Waals surface area contributed by atoms with Crippen molar-refractivity contribution in [1.82, 2.24) is 9.97 Å². The maximum absolute atomic E-state index is 4.37. The van der Waals surface area contributed by atoms with Crippen LogP contribution in [0.2, 0.25) is 0 Å². The Labute approximate surface area is 134 Å². The van der Waals surface area contributed by atoms with Gasteiger partial charge in [-0.05, 0) is 37.1 Å². The molecule has 2 aromatic heterocycles. The predicted octanol–water partition coefficient (Wildman–Crippen LogP) is 4.43. The van der Waals surface area contributed by atoms with Crippen molar-refractivity contribution in [2.24, 2.45) is 0 Å². The normalized spacial score (nSPS) is 10.8. The van der Waals surface area contributed by atoms with Crippen LogP contribution in [0.25, 0.3) is 10.2 Å². The molecule has 0 atom stereocenters. The highest BCUT2D eigenvalue weighted by molar-refractivity contribution is 7.18. The van der Waals surface area contributed by atoms with Crippen molar-refractivity contribution in [2.45, 2.75) is 26.8 Å². The Kier molecular flexibility index (Phi) is 4.53. The first-order chi connectivity index (χ1) is 10.8. The van der Waals surface area contributed by atoms with Gasteiger partial charge in [0.15, 0.2) is 0 Å². The van der Waals surface area contributed by atoms with E-state index in [9.17, 15) is 0 Å². The summed E-state index contributed by atoms with van der Waals surface area (Å²) in [5, 5.41) is 7.90. The molecule has 0 fully saturated rings. The van der Waals surface area contributed by atoms with E-state index in [2.05, 4.69) is 64.8 Å². The van der Waals surface area contributed by atoms with Gasteiger partial charge in [0.2, 0.25) is 0 Å². The Bertz CT molecular complexity index is 749. The lowest BCUT2D eigenvalue weighted by Crippen LogP contribution is -2.03. The number of hydrogen-bond acceptors (Lipinski definition) is 5. The van der Waals surface area contributed by atoms with E-state index < -0.39 is 0 Å². The van der Waals surface area contributed by atoms with Crippen LogP contribution in [0, 0.1) is 6.92 Å². The number of thiophene rings is 1. The van der Waals surface area contributed by atoms with E-state index in [0.717, 1.165) is 35.5 Å². The van der Waals surface area contributed by atoms with Crippen LogP contribution in [0.3, 0.4) is 0 Å². The standard InChI is InChI=1S/C17H20N4S/c1-3-8-18-14-6-4-13(5-7-14)10-19-16-15-9-12(2)22-17(15)21-11-20-16/h4-7,9,11,18H,3,8,10H2,1-2H3,(H,19,20,21). The van der Waals surface area contributed by atoms with Gasteiger partial charge in [-0.15, -0.1) is 11.3 Å². The van der Waals surface area contributed by atoms with Gasteiger partial charge in [-0.3, -0.25) is 0 Å². The molecule has 0 aliphatic rings. The topological polar surface area (TPSA) is 49.8 Å². The van der Waals surface area contributed by atoms with Crippen LogP contribution in [0.15, 0.2) is 36.7 Å². The summed E-state index contributed by atoms with van der Waals surface area (Å²) >= 11 is 1.70. The monoisotopic (exact) mass is 312 g/mol. The van der Waals surface area contributed by atoms with Gasteiger partial charge in [0.25, 0.3) is 0 Å². The lowest BCUT2D eigenvalue weighted by molar-refractivity contribution is 0.979. The largest absolute Gasteiger partial charge is 0.385 e. The van der Waals surface area contributed by atoms with Crippen molar-refractivity contribution in [3.63, 3.8) is 0 Å². The van der Waals surface area contributed by atoms with E-state index in [1.165, 1.54) is 16.1 Å². The lowest BCUT2D eigenvalue weighted by Gasteiger charge is -2.08. The molecule has 0 saturated heterocycles. The zero-order valence-electron chi connectivity index (χ0n) is 12.9. The highest BCUT2D eigenvalue weighted by atomic mass is 32.1. The number of aromatic nitrogens is 2. The molecule has 4 nitrogen and oxygen atoms in total. The van der Waals surface area contributed by atoms with Crippen LogP contribution >= 0.6 is 11.3 Å². The van der Waals surface area contributed by atoms with E-state index in [-0.39, 0.29) is 0 Å². The fourth-order valence-electron chi connectivity index (χ4n) is 2.31. The summed E-state index contributed by atoms with van der Waals surface area (Å²) in [5.41, 5.74) is 2.41. The molecule has 0 aliphatic heterocycles. The minimum atomic E-state index is 0.759. The van der Waals surface area contributed by atoms with Gasteiger partial charge >= 0.3 is 0 Å². The third-order valence-electron chi connectivity index (χ3n) is 3.45. The zero-order chi connectivity index (χ0) is 15.4. The summed E-state index contributed by atoms with van der Waals surface area (Å²) in [5.74, 6) is 0.905. The highest BCUT2D eigenvalue weighted by Crippen LogP contribution is 2.27. The van der Waals surface area contributed by atoms with Crippen LogP contribution < -0.4 is 10.6 Å². The van der Waals surface area contributed by atoms with Crippen LogP contribution in [0.5, 0.6) is 0 Å². The van der Waals surface area contributed by atoms with Crippen LogP contribution in [-0.4, -0.2) is 16.5 Å². The summed E-state index contributed by atoms with van der Waals surface area (Å²) in [6, 6.07) is 10.7. The number of nitrogens with zero attached hydrogens (tertiary/aromatic N) is 2. The molecular weight excluding hydrogens is 292 g/mol. The number of aryl methyl sites for hydroxylation is 1. The third-order valence-corrected chi connectivity index (χ3v) is 4.40. The Hall–Kier alpha value is -2.14. The number of rotatable bonds is 6. The second-order valence-electron chi connectivity index (χ2n) is 5.28. The summed E-state index contributed by atoms with van der Waals surface area (Å²) < 4.78 is 0. The van der Waals surface area contributed by atoms with Gasteiger partial charge in [-0.25, -0.2) is 9.97 Å². The highest BCUT2D eigenvalue weighted by Gasteiger charge is 2.06. The van der Waals surface area contributed by atoms with Gasteiger partial charge in [0.05, 0.1) is 5.39 Å². The zero-order valence-corrected chi connectivity index (χ0v) is 13.7. The predicted molar refractivity (Wildman–Crippen MR) is 94.7 cm³/mol. The number of fused-ring (bicyclic) bond motifs is 1. The molecule has 3 rings (SSSR count). The van der Waals surface area contributed by atoms with Crippen LogP contribution in [0.1, 0.15) is 23.8 Å². The first kappa shape index (κ1) is 14.8. The minimum absolute atomic E-state index is 0.759. The van der Waals surface area contributed by atoms with Gasteiger partial charge in [0.1, 0.15) is 17.0 Å². The maximum Gasteiger partial charge on any atom is 0.138 e. The Morgan fingerprint density at radius 2 is 1.91 bits per heavy atom. The molecule has 5 heteroatoms. The van der Waals surface area contributed by atoms with Crippen molar-refractivity contribution < 1.29 is 0 Å². The van der Waals surface area contributed by atoms with Crippen molar-refractivity contribution in [1.29, 1.82) is 0 Å². The van der Waals surface area contributed by atoms with Crippen molar-refractivity contribution >= 4 is 33.1 Å². The van der Waals surface area contributed by atoms with Crippen molar-refractivity contribution in [3.8, 4) is 0 Å². The van der Waals surface area contributed by atoms with Gasteiger partial charge < -0.3 is 10.6 Å². The molecule has 0 bridgehead atoms. The number of hydrogen-bond donors (Lipinski definition) is 2. The van der Waals surface area contributed by atoms with E-state index in [4.69, 9.17) is 0 Å².